The summed E-state index contributed by atoms with van der Waals surface area (Å²) in [4.78, 5) is 29.8. The van der Waals surface area contributed by atoms with Crippen LogP contribution in [0.5, 0.6) is 0 Å². The van der Waals surface area contributed by atoms with Gasteiger partial charge in [-0.15, -0.1) is 0 Å². The third-order valence-electron chi connectivity index (χ3n) is 7.16. The topological polar surface area (TPSA) is 122 Å². The Bertz CT molecular complexity index is 1460. The highest BCUT2D eigenvalue weighted by atomic mass is 32.2. The summed E-state index contributed by atoms with van der Waals surface area (Å²) in [6, 6.07) is 5.92. The number of nitrogens with one attached hydrogen (secondary N) is 2. The molecule has 3 aromatic rings. The highest BCUT2D eigenvalue weighted by molar-refractivity contribution is 7.92. The minimum atomic E-state index is -3.46. The number of pyridine rings is 2. The molecule has 1 fully saturated rings. The summed E-state index contributed by atoms with van der Waals surface area (Å²) in [5, 5.41) is 4.24. The van der Waals surface area contributed by atoms with Crippen LogP contribution in [0.25, 0.3) is 22.2 Å². The predicted octanol–water partition coefficient (Wildman–Crippen LogP) is 4.18. The molecule has 0 atom stereocenters. The number of nitrogens with zero attached hydrogens (tertiary/aromatic N) is 5. The quantitative estimate of drug-likeness (QED) is 0.414. The Hall–Kier alpha value is -3.05. The molecule has 3 heterocycles. The third-order valence-corrected chi connectivity index (χ3v) is 8.62. The van der Waals surface area contributed by atoms with Gasteiger partial charge in [0.15, 0.2) is 0 Å². The molecule has 0 aliphatic heterocycles. The van der Waals surface area contributed by atoms with Crippen molar-refractivity contribution >= 4 is 32.8 Å². The Morgan fingerprint density at radius 2 is 1.82 bits per heavy atom. The van der Waals surface area contributed by atoms with Gasteiger partial charge in [-0.05, 0) is 85.2 Å². The van der Waals surface area contributed by atoms with Gasteiger partial charge in [0.1, 0.15) is 11.5 Å². The molecule has 11 heteroatoms. The van der Waals surface area contributed by atoms with Crippen molar-refractivity contribution in [1.82, 2.24) is 24.4 Å². The molecule has 206 valence electrons. The summed E-state index contributed by atoms with van der Waals surface area (Å²) >= 11 is 0. The molecule has 0 unspecified atom stereocenters. The minimum absolute atomic E-state index is 0.0213. The van der Waals surface area contributed by atoms with Crippen LogP contribution < -0.4 is 15.6 Å². The first-order valence-electron chi connectivity index (χ1n) is 13.3. The molecule has 0 radical (unpaired) electrons. The molecule has 0 aromatic carbocycles. The normalized spacial score (nSPS) is 18.3. The van der Waals surface area contributed by atoms with E-state index in [1.807, 2.05) is 13.8 Å². The summed E-state index contributed by atoms with van der Waals surface area (Å²) in [6.07, 6.45) is 6.63. The minimum Gasteiger partial charge on any atom is -0.351 e. The molecule has 0 saturated heterocycles. The van der Waals surface area contributed by atoms with Crippen LogP contribution in [-0.4, -0.2) is 64.8 Å². The summed E-state index contributed by atoms with van der Waals surface area (Å²) < 4.78 is 28.5. The number of sulfonamides is 1. The van der Waals surface area contributed by atoms with Crippen LogP contribution in [0.3, 0.4) is 0 Å². The van der Waals surface area contributed by atoms with E-state index in [1.165, 1.54) is 0 Å². The van der Waals surface area contributed by atoms with E-state index in [2.05, 4.69) is 39.0 Å². The Balaban J connectivity index is 1.66. The summed E-state index contributed by atoms with van der Waals surface area (Å²) in [6.45, 7) is 7.49. The second-order valence-corrected chi connectivity index (χ2v) is 12.5. The lowest BCUT2D eigenvalue weighted by atomic mass is 9.91. The first-order valence-corrected chi connectivity index (χ1v) is 15.0. The van der Waals surface area contributed by atoms with E-state index in [1.54, 1.807) is 42.8 Å². The molecule has 0 amide bonds. The standard InChI is InChI=1S/C27H39N7O3S/c1-7-14-38(36,37)32-24-13-12-22(18(4)29-24)23-15-19-16-28-27(31-25(19)34(17(2)3)26(23)35)30-20-8-10-21(11-9-20)33(5)6/h12-13,15-17,20-21H,7-11,14H2,1-6H3,(H,29,32)(H,28,30,31)/t20-,21-. The van der Waals surface area contributed by atoms with E-state index >= 15 is 0 Å². The zero-order chi connectivity index (χ0) is 27.6. The Morgan fingerprint density at radius 1 is 1.11 bits per heavy atom. The lowest BCUT2D eigenvalue weighted by Gasteiger charge is -2.33. The van der Waals surface area contributed by atoms with Gasteiger partial charge in [-0.3, -0.25) is 14.1 Å². The SMILES string of the molecule is CCCS(=O)(=O)Nc1ccc(-c2cc3cnc(N[C@H]4CC[C@H](N(C)C)CC4)nc3n(C(C)C)c2=O)c(C)n1. The maximum atomic E-state index is 13.7. The smallest absolute Gasteiger partial charge is 0.260 e. The number of fused-ring (bicyclic) bond motifs is 1. The largest absolute Gasteiger partial charge is 0.351 e. The second-order valence-electron chi connectivity index (χ2n) is 10.7. The predicted molar refractivity (Wildman–Crippen MR) is 153 cm³/mol. The van der Waals surface area contributed by atoms with Gasteiger partial charge in [0, 0.05) is 46.5 Å². The second kappa shape index (κ2) is 11.4. The third kappa shape index (κ3) is 6.15. The molecule has 4 rings (SSSR count). The molecule has 2 N–H and O–H groups in total. The van der Waals surface area contributed by atoms with E-state index in [0.29, 0.717) is 46.9 Å². The van der Waals surface area contributed by atoms with Gasteiger partial charge < -0.3 is 10.2 Å². The van der Waals surface area contributed by atoms with Gasteiger partial charge in [-0.25, -0.2) is 18.4 Å². The van der Waals surface area contributed by atoms with Crippen LogP contribution in [-0.2, 0) is 10.0 Å². The van der Waals surface area contributed by atoms with Crippen molar-refractivity contribution in [3.8, 4) is 11.1 Å². The maximum Gasteiger partial charge on any atom is 0.260 e. The summed E-state index contributed by atoms with van der Waals surface area (Å²) in [5.41, 5.74) is 2.09. The fourth-order valence-electron chi connectivity index (χ4n) is 5.16. The molecular weight excluding hydrogens is 502 g/mol. The maximum absolute atomic E-state index is 13.7. The highest BCUT2D eigenvalue weighted by Gasteiger charge is 2.23. The average Bonchev–Trinajstić information content (AvgIpc) is 2.84. The number of hydrogen-bond acceptors (Lipinski definition) is 8. The van der Waals surface area contributed by atoms with Crippen LogP contribution in [0.15, 0.2) is 29.2 Å². The molecular formula is C27H39N7O3S. The lowest BCUT2D eigenvalue weighted by Crippen LogP contribution is -2.36. The molecule has 0 bridgehead atoms. The van der Waals surface area contributed by atoms with E-state index in [4.69, 9.17) is 4.98 Å². The number of hydrogen-bond donors (Lipinski definition) is 2. The van der Waals surface area contributed by atoms with Crippen molar-refractivity contribution in [2.75, 3.05) is 29.9 Å². The molecule has 0 spiro atoms. The van der Waals surface area contributed by atoms with Gasteiger partial charge in [0.25, 0.3) is 5.56 Å². The summed E-state index contributed by atoms with van der Waals surface area (Å²) in [5.74, 6) is 0.797. The van der Waals surface area contributed by atoms with Crippen LogP contribution in [0.4, 0.5) is 11.8 Å². The van der Waals surface area contributed by atoms with Gasteiger partial charge in [-0.1, -0.05) is 6.92 Å². The van der Waals surface area contributed by atoms with E-state index < -0.39 is 10.0 Å². The molecule has 1 aliphatic rings. The molecule has 38 heavy (non-hydrogen) atoms. The fourth-order valence-corrected chi connectivity index (χ4v) is 6.23. The van der Waals surface area contributed by atoms with Crippen molar-refractivity contribution in [2.24, 2.45) is 0 Å². The molecule has 3 aromatic heterocycles. The number of anilines is 2. The van der Waals surface area contributed by atoms with Crippen molar-refractivity contribution in [2.45, 2.75) is 77.9 Å². The monoisotopic (exact) mass is 541 g/mol. The average molecular weight is 542 g/mol. The van der Waals surface area contributed by atoms with Crippen molar-refractivity contribution in [1.29, 1.82) is 0 Å². The number of rotatable bonds is 9. The van der Waals surface area contributed by atoms with Crippen LogP contribution >= 0.6 is 0 Å². The summed E-state index contributed by atoms with van der Waals surface area (Å²) in [7, 11) is 0.802. The zero-order valence-corrected chi connectivity index (χ0v) is 24.0. The first kappa shape index (κ1) is 28.0. The van der Waals surface area contributed by atoms with Crippen LogP contribution in [0.1, 0.15) is 64.6 Å². The molecule has 1 aliphatic carbocycles. The van der Waals surface area contributed by atoms with E-state index in [-0.39, 0.29) is 23.2 Å². The van der Waals surface area contributed by atoms with Crippen LogP contribution in [0, 0.1) is 6.92 Å². The van der Waals surface area contributed by atoms with Crippen molar-refractivity contribution in [3.05, 3.63) is 40.4 Å². The zero-order valence-electron chi connectivity index (χ0n) is 23.2. The van der Waals surface area contributed by atoms with Gasteiger partial charge >= 0.3 is 0 Å². The Kier molecular flexibility index (Phi) is 8.37. The van der Waals surface area contributed by atoms with Crippen molar-refractivity contribution < 1.29 is 8.42 Å². The van der Waals surface area contributed by atoms with E-state index in [0.717, 1.165) is 31.1 Å². The van der Waals surface area contributed by atoms with Gasteiger partial charge in [0.05, 0.1) is 5.75 Å². The van der Waals surface area contributed by atoms with Gasteiger partial charge in [0.2, 0.25) is 16.0 Å². The Morgan fingerprint density at radius 3 is 2.42 bits per heavy atom. The first-order chi connectivity index (χ1) is 18.0. The fraction of sp³-hybridized carbons (Fsp3) is 0.556. The molecule has 10 nitrogen and oxygen atoms in total. The van der Waals surface area contributed by atoms with E-state index in [9.17, 15) is 13.2 Å². The lowest BCUT2D eigenvalue weighted by molar-refractivity contribution is 0.221. The Labute approximate surface area is 225 Å². The molecule has 1 saturated carbocycles. The highest BCUT2D eigenvalue weighted by Crippen LogP contribution is 2.27. The van der Waals surface area contributed by atoms with Gasteiger partial charge in [-0.2, -0.15) is 4.98 Å². The number of aromatic nitrogens is 4. The van der Waals surface area contributed by atoms with Crippen molar-refractivity contribution in [3.63, 3.8) is 0 Å². The number of aryl methyl sites for hydroxylation is 1. The van der Waals surface area contributed by atoms with Crippen LogP contribution in [0.2, 0.25) is 0 Å².